The van der Waals surface area contributed by atoms with Gasteiger partial charge in [-0.05, 0) is 267 Å². The molecule has 12 aromatic rings. The Bertz CT molecular complexity index is 6160. The van der Waals surface area contributed by atoms with E-state index in [-0.39, 0.29) is 21.9 Å². The molecule has 0 spiro atoms. The van der Waals surface area contributed by atoms with Crippen molar-refractivity contribution in [1.82, 2.24) is 0 Å². The van der Waals surface area contributed by atoms with Crippen molar-refractivity contribution in [1.29, 1.82) is 0 Å². The first-order valence-corrected chi connectivity index (χ1v) is 332. The fraction of sp³-hybridized carbons (Fsp3) is 0.234. The van der Waals surface area contributed by atoms with Crippen molar-refractivity contribution in [2.75, 3.05) is 20.0 Å². The summed E-state index contributed by atoms with van der Waals surface area (Å²) in [7, 11) is -11.4. The number of hydrogen-bond acceptors (Lipinski definition) is 4. The van der Waals surface area contributed by atoms with Crippen LogP contribution in [0.25, 0.3) is 44.5 Å². The Kier molecular flexibility index (Phi) is 73.0. The van der Waals surface area contributed by atoms with Crippen LogP contribution in [0.2, 0.25) is 5.02 Å². The van der Waals surface area contributed by atoms with E-state index in [2.05, 4.69) is 797 Å². The van der Waals surface area contributed by atoms with Crippen LogP contribution in [-0.4, -0.2) is 11.1 Å². The summed E-state index contributed by atoms with van der Waals surface area (Å²) in [6, 6.07) is 101. The normalized spacial score (nSPS) is 19.2. The summed E-state index contributed by atoms with van der Waals surface area (Å²) in [5, 5.41) is 4.35. The van der Waals surface area contributed by atoms with Gasteiger partial charge in [0.2, 0.25) is 0 Å². The van der Waals surface area contributed by atoms with Crippen LogP contribution in [0.15, 0.2) is 279 Å². The second-order valence-corrected chi connectivity index (χ2v) is 1120. The fourth-order valence-corrected chi connectivity index (χ4v) is 8610. The summed E-state index contributed by atoms with van der Waals surface area (Å²) in [5.74, 6) is 0. The molecule has 4 atom stereocenters. The van der Waals surface area contributed by atoms with E-state index < -0.39 is 174 Å². The van der Waals surface area contributed by atoms with Gasteiger partial charge in [-0.15, -0.1) is 0 Å². The second-order valence-electron chi connectivity index (χ2n) is 33.1. The minimum absolute atomic E-state index is 0.0114. The molecule has 0 bridgehead atoms. The smallest absolute Gasteiger partial charge is 0.0390 e. The van der Waals surface area contributed by atoms with Crippen molar-refractivity contribution < 1.29 is 13.3 Å². The van der Waals surface area contributed by atoms with Crippen molar-refractivity contribution in [3.05, 3.63) is 329 Å². The number of rotatable bonds is 33. The Morgan fingerprint density at radius 1 is 0.274 bits per heavy atom. The molecule has 146 heavy (non-hydrogen) atoms. The first-order valence-electron chi connectivity index (χ1n) is 42.4. The molecular weight excluding hydrogens is 7190 g/mol. The monoisotopic (exact) mass is 7280 g/mol. The summed E-state index contributed by atoms with van der Waals surface area (Å²) in [6.45, 7) is 23.5. The summed E-state index contributed by atoms with van der Waals surface area (Å²) >= 11 is 85.3. The molecule has 826 valence electrons. The maximum Gasteiger partial charge on any atom is 0.0390 e. The van der Waals surface area contributed by atoms with Gasteiger partial charge in [-0.2, -0.15) is 0 Å². The third kappa shape index (κ3) is 39.3. The number of anilines is 9. The topological polar surface area (TPSA) is 21.8 Å². The van der Waals surface area contributed by atoms with Crippen LogP contribution in [-0.2, 0) is 10.8 Å². The molecule has 0 radical (unpaired) electrons. The van der Waals surface area contributed by atoms with Crippen LogP contribution in [0.5, 0.6) is 0 Å². The summed E-state index contributed by atoms with van der Waals surface area (Å²) in [4.78, 5) is 7.80. The average molecular weight is 7280 g/mol. The van der Waals surface area contributed by atoms with Crippen LogP contribution < -0.4 is 33.3 Å². The zero-order valence-electron chi connectivity index (χ0n) is 77.2. The number of fused-ring (bicyclic) bond motifs is 6. The van der Waals surface area contributed by atoms with Crippen LogP contribution in [0.3, 0.4) is 0 Å². The maximum absolute atomic E-state index is 6.45. The molecule has 4 aliphatic rings. The molecule has 0 saturated heterocycles. The number of nitrogens with zero attached hydrogens (tertiary/aromatic N) is 3. The van der Waals surface area contributed by atoms with E-state index in [1.165, 1.54) is 158 Å². The van der Waals surface area contributed by atoms with E-state index in [0.29, 0.717) is 13.3 Å². The SMILES string of the molecule is Cc1cc(Cl)cc(N2c3cc(C)cc(C)c3C3(C)CCCCC23C)c1.Cc1cc(N(c2cccc(-c3ccccc3)c2)c2cccc(-c3ccccc3)c2)cc(N2c3cc(C)cc(C)c3C3(C)CCCCC23C)c1.I[I-]I(I)I(I)I(I)I(I)I(I)I(I)I(I)I(I)I(I)I(I)I(I)I(I)I(I)I(I)I(I)I(I)I(I)I(I)I(I)I(I)I(I)I(I)I.c1ccc(-c2cccc(Nc3cccc(-c4ccccc4)c3)c2)cc1. The zero-order valence-corrected chi connectivity index (χ0v) is 179. The maximum atomic E-state index is 6.45. The Hall–Kier alpha value is 24.4. The van der Waals surface area contributed by atoms with Crippen molar-refractivity contribution in [3.63, 3.8) is 0 Å². The zero-order chi connectivity index (χ0) is 106. The quantitative estimate of drug-likeness (QED) is 0.0414. The molecule has 4 unspecified atom stereocenters. The molecule has 0 aromatic heterocycles. The van der Waals surface area contributed by atoms with Crippen molar-refractivity contribution in [3.8, 4) is 44.5 Å². The molecule has 2 saturated carbocycles. The van der Waals surface area contributed by atoms with Gasteiger partial charge in [0.15, 0.2) is 0 Å². The van der Waals surface area contributed by atoms with E-state index in [0.717, 1.165) is 27.8 Å². The Balaban J connectivity index is 0.000000170. The molecular formula is C94H93ClI47N4-. The number of nitrogens with one attached hydrogen (secondary N) is 1. The van der Waals surface area contributed by atoms with Gasteiger partial charge in [0.05, 0.1) is 11.1 Å². The standard InChI is InChI=1S/C47H46N2.C24H19N.C23H28ClN.I47/c1-33-26-35(3)45-44(29-33)49(47(5)25-13-12-24-46(45,47)4)43-28-34(2)27-42(32-43)48(40-22-14-20-38(30-40)36-16-8-6-9-17-36)41-23-15-21-39(31-41)37-18-10-7-11-19-37;1-3-9-19(10-4-1)21-13-7-15-23(17-21)25-24-16-8-14-22(18-24)20-11-5-2-6-12-20;1-15-10-17(3)21-20(13-15)25(19-12-16(2)11-18(24)14-19)23(5)9-7-6-8-22(21,23)4;1-25-27(4)29(6)31(8)33(10)35(12)37(14)39(16)41(18)43(20)45(22)47(24)46(23)44(21)42(19)40(17)38(15)36(13)34(11)32(9)30(7)28(5)26(2)3/h6-11,14-23,26-32H,12-13,24-25H2,1-5H3;1-18,25H;10-14H,6-9H2,1-5H3;/q;;;-1. The van der Waals surface area contributed by atoms with Gasteiger partial charge in [-0.1, -0.05) is 233 Å². The predicted octanol–water partition coefficient (Wildman–Crippen LogP) is 64.7. The molecule has 4 nitrogen and oxygen atoms in total. The molecule has 16 rings (SSSR count). The molecule has 0 amide bonds. The first-order chi connectivity index (χ1) is 69.3. The predicted molar refractivity (Wildman–Crippen MR) is 1070 cm³/mol. The second kappa shape index (κ2) is 72.5. The van der Waals surface area contributed by atoms with E-state index in [4.69, 9.17) is 11.6 Å². The minimum Gasteiger partial charge on any atom is -0.355 e. The van der Waals surface area contributed by atoms with E-state index in [9.17, 15) is 0 Å². The van der Waals surface area contributed by atoms with Gasteiger partial charge >= 0.3 is 634 Å². The summed E-state index contributed by atoms with van der Waals surface area (Å²) in [5.41, 5.74) is 32.2. The molecule has 12 aromatic carbocycles. The van der Waals surface area contributed by atoms with Crippen molar-refractivity contribution in [2.24, 2.45) is 0 Å². The van der Waals surface area contributed by atoms with Crippen LogP contribution >= 0.6 is 632 Å². The van der Waals surface area contributed by atoms with Crippen LogP contribution in [0.4, 0.5) is 51.2 Å². The average Bonchev–Trinajstić information content (AvgIpc) is 1.53. The summed E-state index contributed by atoms with van der Waals surface area (Å²) in [6.07, 6.45) is 10.1. The Labute approximate surface area is 1190 Å². The van der Waals surface area contributed by atoms with Gasteiger partial charge in [0, 0.05) is 67.0 Å². The van der Waals surface area contributed by atoms with Gasteiger partial charge in [0.1, 0.15) is 0 Å². The first kappa shape index (κ1) is 147. The molecule has 2 aliphatic heterocycles. The van der Waals surface area contributed by atoms with Gasteiger partial charge in [-0.3, -0.25) is 0 Å². The van der Waals surface area contributed by atoms with Crippen molar-refractivity contribution >= 4 is 683 Å². The van der Waals surface area contributed by atoms with Crippen molar-refractivity contribution in [2.45, 2.75) is 143 Å². The van der Waals surface area contributed by atoms with Crippen LogP contribution in [0.1, 0.15) is 124 Å². The van der Waals surface area contributed by atoms with E-state index in [1.807, 2.05) is 18.2 Å². The largest absolute Gasteiger partial charge is 0.355 e. The van der Waals surface area contributed by atoms with E-state index in [1.54, 1.807) is 11.1 Å². The van der Waals surface area contributed by atoms with E-state index >= 15 is 0 Å². The number of aryl methyl sites for hydroxylation is 6. The number of hydrogen-bond donors (Lipinski definition) is 1. The fourth-order valence-electron chi connectivity index (χ4n) is 18.4. The Morgan fingerprint density at radius 2 is 0.548 bits per heavy atom. The molecule has 2 heterocycles. The number of benzene rings is 12. The van der Waals surface area contributed by atoms with Gasteiger partial charge in [0.25, 0.3) is 0 Å². The third-order valence-corrected chi connectivity index (χ3v) is 3580. The molecule has 52 heteroatoms. The Morgan fingerprint density at radius 3 is 0.863 bits per heavy atom. The third-order valence-electron chi connectivity index (χ3n) is 24.3. The summed E-state index contributed by atoms with van der Waals surface area (Å²) < 4.78 is 0. The van der Waals surface area contributed by atoms with Crippen LogP contribution in [0, 0.1) is 41.5 Å². The minimum atomic E-state index is -0.565. The molecule has 1 N–H and O–H groups in total. The molecule has 2 fully saturated rings. The molecule has 2 aliphatic carbocycles. The van der Waals surface area contributed by atoms with Gasteiger partial charge < -0.3 is 20.0 Å². The van der Waals surface area contributed by atoms with Gasteiger partial charge in [-0.25, -0.2) is 0 Å². The number of halogens is 48.